The first-order valence-corrected chi connectivity index (χ1v) is 30.8. The average molecular weight is 1060 g/mol. The van der Waals surface area contributed by atoms with Crippen molar-refractivity contribution >= 4 is 84.5 Å². The minimum atomic E-state index is -2.03. The monoisotopic (exact) mass is 1060 g/mol. The number of hydrogen-bond acceptors (Lipinski definition) is 5. The molecule has 307 valence electrons. The molecule has 8 heteroatoms. The van der Waals surface area contributed by atoms with Gasteiger partial charge in [-0.05, 0) is 27.0 Å². The zero-order valence-electron chi connectivity index (χ0n) is 36.2. The van der Waals surface area contributed by atoms with E-state index in [1.807, 2.05) is 23.5 Å². The molecule has 0 N–H and O–H groups in total. The maximum absolute atomic E-state index is 6.40. The average Bonchev–Trinajstić information content (AvgIpc) is 3.85. The second kappa shape index (κ2) is 17.6. The van der Waals surface area contributed by atoms with Gasteiger partial charge in [0.25, 0.3) is 0 Å². The number of rotatable bonds is 9. The van der Waals surface area contributed by atoms with Crippen LogP contribution in [0.25, 0.3) is 64.8 Å². The third kappa shape index (κ3) is 8.12. The van der Waals surface area contributed by atoms with Gasteiger partial charge in [0.15, 0.2) is 0 Å². The van der Waals surface area contributed by atoms with Crippen molar-refractivity contribution < 1.29 is 24.5 Å². The van der Waals surface area contributed by atoms with Gasteiger partial charge in [-0.1, -0.05) is 92.6 Å². The maximum atomic E-state index is 6.40. The molecule has 5 aromatic heterocycles. The summed E-state index contributed by atoms with van der Waals surface area (Å²) in [5.41, 5.74) is 8.70. The molecule has 4 nitrogen and oxygen atoms in total. The molecule has 0 spiro atoms. The van der Waals surface area contributed by atoms with Crippen LogP contribution in [0.2, 0.25) is 35.4 Å². The molecule has 0 saturated heterocycles. The number of hydrogen-bond donors (Lipinski definition) is 0. The summed E-state index contributed by atoms with van der Waals surface area (Å²) in [7, 11) is -1.32. The van der Waals surface area contributed by atoms with Crippen LogP contribution in [0.4, 0.5) is 0 Å². The van der Waals surface area contributed by atoms with Crippen molar-refractivity contribution in [3.05, 3.63) is 151 Å². The van der Waals surface area contributed by atoms with Gasteiger partial charge in [0.1, 0.15) is 0 Å². The van der Waals surface area contributed by atoms with Crippen molar-refractivity contribution in [1.82, 2.24) is 15.0 Å². The fourth-order valence-electron chi connectivity index (χ4n) is 8.49. The first kappa shape index (κ1) is 43.8. The Hall–Kier alpha value is -4.24. The van der Waals surface area contributed by atoms with Gasteiger partial charge in [-0.3, -0.25) is 0 Å². The number of nitrogens with zero attached hydrogens (tertiary/aromatic N) is 3. The first-order valence-electron chi connectivity index (χ1n) is 20.9. The van der Waals surface area contributed by atoms with Gasteiger partial charge < -0.3 is 4.98 Å². The van der Waals surface area contributed by atoms with Crippen molar-refractivity contribution in [2.45, 2.75) is 82.4 Å². The summed E-state index contributed by atoms with van der Waals surface area (Å²) in [6.07, 6.45) is 4.19. The van der Waals surface area contributed by atoms with Gasteiger partial charge in [-0.15, -0.1) is 23.3 Å². The summed E-state index contributed by atoms with van der Waals surface area (Å²) in [5, 5.41) is 10.1. The fourth-order valence-corrected chi connectivity index (χ4v) is 18.2. The number of aryl methyl sites for hydroxylation is 1. The van der Waals surface area contributed by atoms with E-state index in [0.717, 1.165) is 44.6 Å². The molecular formula is C52H53GeIrN3OSSi-2. The zero-order valence-corrected chi connectivity index (χ0v) is 42.5. The van der Waals surface area contributed by atoms with Crippen molar-refractivity contribution in [3.63, 3.8) is 0 Å². The minimum Gasteiger partial charge on any atom is -0.305 e. The number of fused-ring (bicyclic) bond motifs is 6. The van der Waals surface area contributed by atoms with Crippen molar-refractivity contribution in [3.8, 4) is 22.5 Å². The van der Waals surface area contributed by atoms with Crippen LogP contribution in [0.3, 0.4) is 0 Å². The first-order chi connectivity index (χ1) is 28.4. The van der Waals surface area contributed by atoms with E-state index in [9.17, 15) is 0 Å². The number of aromatic nitrogens is 3. The van der Waals surface area contributed by atoms with Crippen LogP contribution in [-0.2, 0) is 25.5 Å². The van der Waals surface area contributed by atoms with Gasteiger partial charge in [0, 0.05) is 31.0 Å². The van der Waals surface area contributed by atoms with Crippen molar-refractivity contribution in [1.29, 1.82) is 0 Å². The van der Waals surface area contributed by atoms with E-state index < -0.39 is 21.3 Å². The summed E-state index contributed by atoms with van der Waals surface area (Å²) < 4.78 is 10.5. The van der Waals surface area contributed by atoms with E-state index in [-0.39, 0.29) is 25.5 Å². The van der Waals surface area contributed by atoms with Gasteiger partial charge in [-0.25, -0.2) is 0 Å². The van der Waals surface area contributed by atoms with Gasteiger partial charge >= 0.3 is 181 Å². The Labute approximate surface area is 376 Å². The molecular weight excluding hydrogens is 1010 g/mol. The molecule has 0 aliphatic carbocycles. The number of benzene rings is 4. The molecule has 0 aliphatic heterocycles. The van der Waals surface area contributed by atoms with Crippen LogP contribution >= 0.6 is 11.3 Å². The van der Waals surface area contributed by atoms with Crippen LogP contribution in [-0.4, -0.2) is 36.3 Å². The Balaban J connectivity index is 0.000000191. The zero-order chi connectivity index (χ0) is 41.5. The normalized spacial score (nSPS) is 12.2. The number of thiophene rings is 1. The molecule has 9 aromatic rings. The largest absolute Gasteiger partial charge is 0.305 e. The molecule has 0 fully saturated rings. The van der Waals surface area contributed by atoms with Crippen molar-refractivity contribution in [2.75, 3.05) is 0 Å². The number of furan rings is 1. The molecule has 1 radical (unpaired) electrons. The standard InChI is InChI=1S/C31H33GeN2O.C21H20NSSi.Ir/c1-6-32(7-2,8-3)23-17-19-27(33-21-23)26-16-12-15-24-25-18-20-28(34-30(25)35-29(24)26)31(4,5)22-13-10-9-11-14-22;1-14-9-11-16(18-12-10-15(13-22-18)24(2,3)4)21-20(14)17-7-5-6-8-19(17)23-21;/h9-15,17-21H,6-8H2,1-5H3;5-10,12-13H,1-4H3;/q2*-1;. The van der Waals surface area contributed by atoms with Gasteiger partial charge in [0.2, 0.25) is 0 Å². The van der Waals surface area contributed by atoms with E-state index in [1.165, 1.54) is 56.6 Å². The Morgan fingerprint density at radius 2 is 1.40 bits per heavy atom. The SMILES string of the molecule is C[CH2][Ge]([CH2]C)([CH2]C)[c]1ccc(-c2[c-]ccc3c2oc2nc(C(C)(C)c4ccccc4)ccc23)nc1.Cc1c[c-]c(-c2ccc([Si](C)(C)C)cn2)c2sc3ccccc3c12.[Ir]. The summed E-state index contributed by atoms with van der Waals surface area (Å²) >= 11 is -0.186. The van der Waals surface area contributed by atoms with E-state index in [4.69, 9.17) is 19.4 Å². The quantitative estimate of drug-likeness (QED) is 0.107. The summed E-state index contributed by atoms with van der Waals surface area (Å²) in [6.45, 7) is 20.7. The Morgan fingerprint density at radius 1 is 0.717 bits per heavy atom. The van der Waals surface area contributed by atoms with Crippen LogP contribution in [0.15, 0.2) is 126 Å². The molecule has 0 saturated carbocycles. The van der Waals surface area contributed by atoms with Crippen LogP contribution in [0.5, 0.6) is 0 Å². The molecule has 4 aromatic carbocycles. The third-order valence-electron chi connectivity index (χ3n) is 12.6. The fraction of sp³-hybridized carbons (Fsp3) is 0.250. The van der Waals surface area contributed by atoms with Gasteiger partial charge in [-0.2, -0.15) is 11.3 Å². The Bertz CT molecular complexity index is 2900. The molecule has 0 amide bonds. The summed E-state index contributed by atoms with van der Waals surface area (Å²) in [4.78, 5) is 14.7. The summed E-state index contributed by atoms with van der Waals surface area (Å²) in [5.74, 6) is 0. The van der Waals surface area contributed by atoms with Crippen LogP contribution in [0, 0.1) is 19.1 Å². The van der Waals surface area contributed by atoms with Crippen molar-refractivity contribution in [2.24, 2.45) is 0 Å². The van der Waals surface area contributed by atoms with E-state index in [2.05, 4.69) is 183 Å². The maximum Gasteiger partial charge on any atom is 0.0795 e. The molecule has 0 bridgehead atoms. The molecule has 60 heavy (non-hydrogen) atoms. The second-order valence-corrected chi connectivity index (χ2v) is 34.5. The molecule has 0 aliphatic rings. The van der Waals surface area contributed by atoms with E-state index in [0.29, 0.717) is 5.71 Å². The summed E-state index contributed by atoms with van der Waals surface area (Å²) in [6, 6.07) is 45.3. The van der Waals surface area contributed by atoms with Crippen LogP contribution in [0.1, 0.15) is 51.4 Å². The Morgan fingerprint density at radius 3 is 2.07 bits per heavy atom. The molecule has 0 atom stereocenters. The third-order valence-corrected chi connectivity index (χ3v) is 27.6. The minimum absolute atomic E-state index is 0. The predicted molar refractivity (Wildman–Crippen MR) is 258 cm³/mol. The van der Waals surface area contributed by atoms with Crippen LogP contribution < -0.4 is 9.58 Å². The topological polar surface area (TPSA) is 51.8 Å². The predicted octanol–water partition coefficient (Wildman–Crippen LogP) is 13.7. The van der Waals surface area contributed by atoms with E-state index in [1.54, 1.807) is 0 Å². The van der Waals surface area contributed by atoms with E-state index >= 15 is 0 Å². The molecule has 0 unspecified atom stereocenters. The number of pyridine rings is 3. The van der Waals surface area contributed by atoms with Gasteiger partial charge in [0.05, 0.1) is 8.07 Å². The molecule has 5 heterocycles. The Kier molecular flexibility index (Phi) is 12.9. The smallest absolute Gasteiger partial charge is 0.0795 e. The second-order valence-electron chi connectivity index (χ2n) is 17.3. The molecule has 9 rings (SSSR count).